The first-order valence-electron chi connectivity index (χ1n) is 21.6. The molecule has 5 nitrogen and oxygen atoms in total. The Bertz CT molecular complexity index is 2360. The normalized spacial score (nSPS) is 14.5. The number of hydrogen-bond donors (Lipinski definition) is 0. The maximum absolute atomic E-state index is 6.36. The molecule has 0 amide bonds. The molecule has 1 aliphatic rings. The standard InChI is InChI=1S/C20H30BNO2.2C15H21N.C2H6/c1-11-12(2)18-16(13(3)15(5)22(18)10)14(4)17(11)21-23-19(6,7)20(8,9)24-21;2*1-8-9(2)11(4)15-14(10(8)3)12(5)13(6)16(15)7;1-2/h1-10H3;2*1-7H3;1-2H3. The van der Waals surface area contributed by atoms with Crippen molar-refractivity contribution in [1.29, 1.82) is 0 Å². The summed E-state index contributed by atoms with van der Waals surface area (Å²) in [6, 6.07) is 0. The van der Waals surface area contributed by atoms with Crippen LogP contribution in [0, 0.1) is 118 Å². The van der Waals surface area contributed by atoms with E-state index in [1.54, 1.807) is 0 Å². The third-order valence-electron chi connectivity index (χ3n) is 15.4. The molecule has 3 aromatic carbocycles. The Labute approximate surface area is 353 Å². The van der Waals surface area contributed by atoms with Gasteiger partial charge in [0.2, 0.25) is 0 Å². The average molecular weight is 788 g/mol. The second kappa shape index (κ2) is 16.4. The molecule has 4 heterocycles. The summed E-state index contributed by atoms with van der Waals surface area (Å²) in [4.78, 5) is 0. The van der Waals surface area contributed by atoms with Crippen LogP contribution in [0.2, 0.25) is 0 Å². The minimum absolute atomic E-state index is 0.307. The highest BCUT2D eigenvalue weighted by Gasteiger charge is 2.52. The summed E-state index contributed by atoms with van der Waals surface area (Å²) < 4.78 is 19.7. The van der Waals surface area contributed by atoms with Crippen LogP contribution in [0.15, 0.2) is 0 Å². The maximum atomic E-state index is 6.36. The summed E-state index contributed by atoms with van der Waals surface area (Å²) in [7, 11) is 6.20. The molecule has 1 fully saturated rings. The summed E-state index contributed by atoms with van der Waals surface area (Å²) in [6.45, 7) is 50.3. The summed E-state index contributed by atoms with van der Waals surface area (Å²) in [5.41, 5.74) is 28.4. The van der Waals surface area contributed by atoms with E-state index in [9.17, 15) is 0 Å². The van der Waals surface area contributed by atoms with Crippen molar-refractivity contribution < 1.29 is 9.31 Å². The lowest BCUT2D eigenvalue weighted by Crippen LogP contribution is -2.41. The molecule has 0 radical (unpaired) electrons. The highest BCUT2D eigenvalue weighted by molar-refractivity contribution is 6.63. The molecule has 316 valence electrons. The highest BCUT2D eigenvalue weighted by atomic mass is 16.7. The van der Waals surface area contributed by atoms with Crippen molar-refractivity contribution in [2.75, 3.05) is 0 Å². The molecule has 3 aromatic heterocycles. The number of fused-ring (bicyclic) bond motifs is 3. The second-order valence-electron chi connectivity index (χ2n) is 18.4. The van der Waals surface area contributed by atoms with Crippen LogP contribution in [0.1, 0.15) is 137 Å². The minimum Gasteiger partial charge on any atom is -0.399 e. The lowest BCUT2D eigenvalue weighted by molar-refractivity contribution is 0.00578. The van der Waals surface area contributed by atoms with E-state index in [0.717, 1.165) is 0 Å². The van der Waals surface area contributed by atoms with E-state index in [1.807, 2.05) is 13.8 Å². The Hall–Kier alpha value is -3.74. The monoisotopic (exact) mass is 788 g/mol. The highest BCUT2D eigenvalue weighted by Crippen LogP contribution is 2.39. The number of rotatable bonds is 1. The summed E-state index contributed by atoms with van der Waals surface area (Å²) in [5.74, 6) is 0. The van der Waals surface area contributed by atoms with Gasteiger partial charge in [-0.2, -0.15) is 0 Å². The molecular weight excluding hydrogens is 709 g/mol. The van der Waals surface area contributed by atoms with E-state index >= 15 is 0 Å². The molecule has 0 bridgehead atoms. The first-order chi connectivity index (χ1) is 26.7. The molecule has 6 heteroatoms. The van der Waals surface area contributed by atoms with Crippen molar-refractivity contribution in [1.82, 2.24) is 13.7 Å². The number of aryl methyl sites for hydroxylation is 12. The Morgan fingerprint density at radius 3 is 0.862 bits per heavy atom. The minimum atomic E-state index is -0.318. The zero-order chi connectivity index (χ0) is 44.6. The lowest BCUT2D eigenvalue weighted by atomic mass is 9.71. The van der Waals surface area contributed by atoms with Gasteiger partial charge in [-0.1, -0.05) is 13.8 Å². The number of aromatic nitrogens is 3. The van der Waals surface area contributed by atoms with Gasteiger partial charge in [-0.15, -0.1) is 0 Å². The average Bonchev–Trinajstić information content (AvgIpc) is 3.73. The van der Waals surface area contributed by atoms with Gasteiger partial charge in [0.1, 0.15) is 0 Å². The fourth-order valence-corrected chi connectivity index (χ4v) is 9.50. The van der Waals surface area contributed by atoms with Gasteiger partial charge in [-0.05, 0) is 229 Å². The quantitative estimate of drug-likeness (QED) is 0.156. The molecule has 0 N–H and O–H groups in total. The molecule has 6 aromatic rings. The van der Waals surface area contributed by atoms with Crippen LogP contribution in [0.4, 0.5) is 0 Å². The van der Waals surface area contributed by atoms with Gasteiger partial charge in [-0.3, -0.25) is 0 Å². The van der Waals surface area contributed by atoms with E-state index in [4.69, 9.17) is 9.31 Å². The Kier molecular flexibility index (Phi) is 13.3. The van der Waals surface area contributed by atoms with Gasteiger partial charge in [0.25, 0.3) is 0 Å². The molecule has 1 saturated heterocycles. The largest absolute Gasteiger partial charge is 0.495 e. The molecule has 7 rings (SSSR count). The summed E-state index contributed by atoms with van der Waals surface area (Å²) in [5, 5.41) is 4.27. The van der Waals surface area contributed by atoms with Crippen LogP contribution in [0.5, 0.6) is 0 Å². The van der Waals surface area contributed by atoms with E-state index in [0.29, 0.717) is 0 Å². The summed E-state index contributed by atoms with van der Waals surface area (Å²) in [6.07, 6.45) is 0. The van der Waals surface area contributed by atoms with Crippen LogP contribution in [0.25, 0.3) is 32.7 Å². The molecule has 0 saturated carbocycles. The van der Waals surface area contributed by atoms with Crippen molar-refractivity contribution in [3.05, 3.63) is 95.0 Å². The van der Waals surface area contributed by atoms with Crippen molar-refractivity contribution in [2.45, 2.75) is 170 Å². The predicted octanol–water partition coefficient (Wildman–Crippen LogP) is 13.1. The van der Waals surface area contributed by atoms with Gasteiger partial charge >= 0.3 is 7.12 Å². The maximum Gasteiger partial charge on any atom is 0.495 e. The van der Waals surface area contributed by atoms with Crippen LogP contribution in [-0.4, -0.2) is 32.0 Å². The Morgan fingerprint density at radius 1 is 0.328 bits per heavy atom. The molecular formula is C52H78BN3O2. The van der Waals surface area contributed by atoms with Gasteiger partial charge in [0.05, 0.1) is 27.8 Å². The van der Waals surface area contributed by atoms with Gasteiger partial charge < -0.3 is 23.0 Å². The molecule has 0 spiro atoms. The molecule has 0 aliphatic carbocycles. The van der Waals surface area contributed by atoms with Crippen molar-refractivity contribution in [3.8, 4) is 0 Å². The van der Waals surface area contributed by atoms with Crippen LogP contribution < -0.4 is 5.46 Å². The van der Waals surface area contributed by atoms with Crippen LogP contribution in [0.3, 0.4) is 0 Å². The SMILES string of the molecule is CC.Cc1c(B2OC(C)(C)C(C)(C)O2)c(C)c2c(C)c(C)n(C)c2c1C.Cc1c(C)c(C)c2c(c1C)c(C)c(C)n2C.Cc1c(C)c(C)c2c(c1C)c(C)c(C)n2C. The third-order valence-corrected chi connectivity index (χ3v) is 15.4. The zero-order valence-electron chi connectivity index (χ0n) is 41.7. The smallest absolute Gasteiger partial charge is 0.399 e. The number of benzene rings is 3. The van der Waals surface area contributed by atoms with E-state index in [2.05, 4.69) is 180 Å². The van der Waals surface area contributed by atoms with E-state index in [1.165, 1.54) is 133 Å². The van der Waals surface area contributed by atoms with Crippen molar-refractivity contribution in [3.63, 3.8) is 0 Å². The Morgan fingerprint density at radius 2 is 0.569 bits per heavy atom. The number of nitrogens with zero attached hydrogens (tertiary/aromatic N) is 3. The second-order valence-corrected chi connectivity index (χ2v) is 18.4. The summed E-state index contributed by atoms with van der Waals surface area (Å²) >= 11 is 0. The van der Waals surface area contributed by atoms with Gasteiger partial charge in [0, 0.05) is 54.4 Å². The first-order valence-corrected chi connectivity index (χ1v) is 21.6. The predicted molar refractivity (Wildman–Crippen MR) is 256 cm³/mol. The van der Waals surface area contributed by atoms with Crippen LogP contribution >= 0.6 is 0 Å². The Balaban J connectivity index is 0.000000194. The third kappa shape index (κ3) is 7.08. The molecule has 0 atom stereocenters. The fourth-order valence-electron chi connectivity index (χ4n) is 9.50. The molecule has 0 unspecified atom stereocenters. The lowest BCUT2D eigenvalue weighted by Gasteiger charge is -2.32. The van der Waals surface area contributed by atoms with Crippen LogP contribution in [-0.2, 0) is 30.5 Å². The van der Waals surface area contributed by atoms with Crippen molar-refractivity contribution in [2.24, 2.45) is 21.1 Å². The molecule has 1 aliphatic heterocycles. The topological polar surface area (TPSA) is 33.2 Å². The molecule has 58 heavy (non-hydrogen) atoms. The van der Waals surface area contributed by atoms with Crippen molar-refractivity contribution >= 4 is 45.3 Å². The van der Waals surface area contributed by atoms with Gasteiger partial charge in [0.15, 0.2) is 0 Å². The zero-order valence-corrected chi connectivity index (χ0v) is 41.7. The van der Waals surface area contributed by atoms with Gasteiger partial charge in [-0.25, -0.2) is 0 Å². The van der Waals surface area contributed by atoms with E-state index in [-0.39, 0.29) is 18.3 Å². The first kappa shape index (κ1) is 46.9. The number of hydrogen-bond acceptors (Lipinski definition) is 2. The fraction of sp³-hybridized carbons (Fsp3) is 0.538. The van der Waals surface area contributed by atoms with E-state index < -0.39 is 0 Å².